The van der Waals surface area contributed by atoms with E-state index in [4.69, 9.17) is 4.74 Å². The number of ether oxygens (including phenoxy) is 1. The average molecular weight is 377 g/mol. The first kappa shape index (κ1) is 18.1. The molecule has 1 aliphatic rings. The van der Waals surface area contributed by atoms with Crippen molar-refractivity contribution in [2.45, 2.75) is 13.0 Å². The van der Waals surface area contributed by atoms with Crippen molar-refractivity contribution in [2.75, 3.05) is 19.0 Å². The molecule has 0 radical (unpaired) electrons. The largest absolute Gasteiger partial charge is 0.496 e. The molecule has 1 aromatic heterocycles. The minimum Gasteiger partial charge on any atom is -0.496 e. The summed E-state index contributed by atoms with van der Waals surface area (Å²) < 4.78 is 7.38. The zero-order valence-electron chi connectivity index (χ0n) is 16.0. The molecule has 0 spiro atoms. The number of aryl methyl sites for hydroxylation is 1. The van der Waals surface area contributed by atoms with Crippen LogP contribution in [0.4, 0.5) is 5.69 Å². The van der Waals surface area contributed by atoms with E-state index < -0.39 is 0 Å². The zero-order chi connectivity index (χ0) is 19.7. The molecular formula is C22H23N3O3. The smallest absolute Gasteiger partial charge is 0.229 e. The first-order valence-electron chi connectivity index (χ1n) is 9.31. The van der Waals surface area contributed by atoms with E-state index >= 15 is 0 Å². The van der Waals surface area contributed by atoms with E-state index in [1.54, 1.807) is 12.0 Å². The van der Waals surface area contributed by atoms with Crippen LogP contribution in [0.1, 0.15) is 12.0 Å². The van der Waals surface area contributed by atoms with Gasteiger partial charge in [0.25, 0.3) is 0 Å². The van der Waals surface area contributed by atoms with Gasteiger partial charge in [-0.25, -0.2) is 0 Å². The molecule has 1 atom stereocenters. The van der Waals surface area contributed by atoms with E-state index in [1.165, 1.54) is 0 Å². The fourth-order valence-electron chi connectivity index (χ4n) is 3.79. The lowest BCUT2D eigenvalue weighted by Gasteiger charge is -2.18. The highest BCUT2D eigenvalue weighted by Gasteiger charge is 2.34. The van der Waals surface area contributed by atoms with Gasteiger partial charge in [0.15, 0.2) is 0 Å². The third-order valence-electron chi connectivity index (χ3n) is 5.32. The molecule has 4 rings (SSSR count). The summed E-state index contributed by atoms with van der Waals surface area (Å²) in [7, 11) is 3.59. The second-order valence-corrected chi connectivity index (χ2v) is 7.14. The van der Waals surface area contributed by atoms with Crippen LogP contribution in [0, 0.1) is 5.92 Å². The first-order chi connectivity index (χ1) is 13.6. The number of para-hydroxylation sites is 1. The molecule has 2 heterocycles. The van der Waals surface area contributed by atoms with Crippen LogP contribution in [0.2, 0.25) is 0 Å². The Kier molecular flexibility index (Phi) is 4.77. The van der Waals surface area contributed by atoms with E-state index in [0.717, 1.165) is 27.9 Å². The lowest BCUT2D eigenvalue weighted by atomic mass is 10.1. The number of hydrogen-bond acceptors (Lipinski definition) is 3. The lowest BCUT2D eigenvalue weighted by Crippen LogP contribution is -2.28. The van der Waals surface area contributed by atoms with Crippen molar-refractivity contribution in [3.63, 3.8) is 0 Å². The van der Waals surface area contributed by atoms with Gasteiger partial charge in [-0.2, -0.15) is 0 Å². The lowest BCUT2D eigenvalue weighted by molar-refractivity contribution is -0.128. The molecule has 0 unspecified atom stereocenters. The quantitative estimate of drug-likeness (QED) is 0.743. The Labute approximate surface area is 163 Å². The van der Waals surface area contributed by atoms with Gasteiger partial charge >= 0.3 is 0 Å². The number of benzene rings is 2. The SMILES string of the molecule is COc1ccccc1CN1C[C@H](C(=O)Nc2cccc3c2ccn3C)CC1=O. The summed E-state index contributed by atoms with van der Waals surface area (Å²) in [5.41, 5.74) is 2.77. The van der Waals surface area contributed by atoms with Gasteiger partial charge in [0.1, 0.15) is 5.75 Å². The maximum absolute atomic E-state index is 12.8. The molecule has 1 aliphatic heterocycles. The second kappa shape index (κ2) is 7.38. The molecule has 3 aromatic rings. The Hall–Kier alpha value is -3.28. The van der Waals surface area contributed by atoms with Crippen LogP contribution < -0.4 is 10.1 Å². The van der Waals surface area contributed by atoms with Crippen molar-refractivity contribution < 1.29 is 14.3 Å². The number of hydrogen-bond donors (Lipinski definition) is 1. The minimum atomic E-state index is -0.360. The van der Waals surface area contributed by atoms with Crippen molar-refractivity contribution >= 4 is 28.4 Å². The predicted octanol–water partition coefficient (Wildman–Crippen LogP) is 3.17. The van der Waals surface area contributed by atoms with Crippen LogP contribution in [0.3, 0.4) is 0 Å². The number of amides is 2. The fourth-order valence-corrected chi connectivity index (χ4v) is 3.79. The number of likely N-dealkylation sites (tertiary alicyclic amines) is 1. The topological polar surface area (TPSA) is 63.6 Å². The highest BCUT2D eigenvalue weighted by atomic mass is 16.5. The molecule has 2 aromatic carbocycles. The number of rotatable bonds is 5. The third kappa shape index (κ3) is 3.33. The van der Waals surface area contributed by atoms with Gasteiger partial charge in [0, 0.05) is 49.2 Å². The van der Waals surface area contributed by atoms with Crippen LogP contribution in [0.25, 0.3) is 10.9 Å². The van der Waals surface area contributed by atoms with Crippen LogP contribution in [-0.2, 0) is 23.2 Å². The Morgan fingerprint density at radius 2 is 2.00 bits per heavy atom. The monoisotopic (exact) mass is 377 g/mol. The van der Waals surface area contributed by atoms with Crippen molar-refractivity contribution in [2.24, 2.45) is 13.0 Å². The van der Waals surface area contributed by atoms with E-state index in [9.17, 15) is 9.59 Å². The summed E-state index contributed by atoms with van der Waals surface area (Å²) in [6.07, 6.45) is 2.19. The second-order valence-electron chi connectivity index (χ2n) is 7.14. The maximum Gasteiger partial charge on any atom is 0.229 e. The van der Waals surface area contributed by atoms with E-state index in [2.05, 4.69) is 5.32 Å². The van der Waals surface area contributed by atoms with Gasteiger partial charge in [0.2, 0.25) is 11.8 Å². The maximum atomic E-state index is 12.8. The Balaban J connectivity index is 1.46. The summed E-state index contributed by atoms with van der Waals surface area (Å²) in [4.78, 5) is 27.0. The van der Waals surface area contributed by atoms with Crippen molar-refractivity contribution in [1.29, 1.82) is 0 Å². The van der Waals surface area contributed by atoms with Crippen LogP contribution in [-0.4, -0.2) is 34.9 Å². The van der Waals surface area contributed by atoms with E-state index in [1.807, 2.05) is 66.3 Å². The van der Waals surface area contributed by atoms with Gasteiger partial charge in [-0.05, 0) is 24.3 Å². The number of methoxy groups -OCH3 is 1. The number of nitrogens with zero attached hydrogens (tertiary/aromatic N) is 2. The first-order valence-corrected chi connectivity index (χ1v) is 9.31. The van der Waals surface area contributed by atoms with Gasteiger partial charge in [0.05, 0.1) is 18.7 Å². The number of carbonyl (C=O) groups is 2. The number of anilines is 1. The molecule has 2 amide bonds. The van der Waals surface area contributed by atoms with Gasteiger partial charge in [-0.3, -0.25) is 9.59 Å². The minimum absolute atomic E-state index is 0.0102. The molecular weight excluding hydrogens is 354 g/mol. The van der Waals surface area contributed by atoms with E-state index in [0.29, 0.717) is 13.1 Å². The molecule has 1 N–H and O–H groups in total. The summed E-state index contributed by atoms with van der Waals surface area (Å²) >= 11 is 0. The number of fused-ring (bicyclic) bond motifs is 1. The van der Waals surface area contributed by atoms with Crippen molar-refractivity contribution in [3.05, 3.63) is 60.3 Å². The average Bonchev–Trinajstić information content (AvgIpc) is 3.26. The molecule has 6 heteroatoms. The summed E-state index contributed by atoms with van der Waals surface area (Å²) in [6, 6.07) is 15.4. The third-order valence-corrected chi connectivity index (χ3v) is 5.32. The molecule has 144 valence electrons. The van der Waals surface area contributed by atoms with Crippen LogP contribution >= 0.6 is 0 Å². The van der Waals surface area contributed by atoms with Crippen molar-refractivity contribution in [1.82, 2.24) is 9.47 Å². The molecule has 1 fully saturated rings. The molecule has 28 heavy (non-hydrogen) atoms. The number of nitrogens with one attached hydrogen (secondary N) is 1. The highest BCUT2D eigenvalue weighted by molar-refractivity contribution is 6.03. The number of aromatic nitrogens is 1. The summed E-state index contributed by atoms with van der Waals surface area (Å²) in [6.45, 7) is 0.856. The zero-order valence-corrected chi connectivity index (χ0v) is 16.0. The van der Waals surface area contributed by atoms with E-state index in [-0.39, 0.29) is 24.2 Å². The van der Waals surface area contributed by atoms with Crippen LogP contribution in [0.15, 0.2) is 54.7 Å². The van der Waals surface area contributed by atoms with Gasteiger partial charge < -0.3 is 19.5 Å². The molecule has 0 aliphatic carbocycles. The Morgan fingerprint density at radius 3 is 2.82 bits per heavy atom. The Bertz CT molecular complexity index is 1040. The predicted molar refractivity (Wildman–Crippen MR) is 108 cm³/mol. The molecule has 1 saturated heterocycles. The molecule has 0 bridgehead atoms. The molecule has 6 nitrogen and oxygen atoms in total. The molecule has 0 saturated carbocycles. The summed E-state index contributed by atoms with van der Waals surface area (Å²) in [5, 5.41) is 4.01. The fraction of sp³-hybridized carbons (Fsp3) is 0.273. The number of carbonyl (C=O) groups excluding carboxylic acids is 2. The van der Waals surface area contributed by atoms with Crippen LogP contribution in [0.5, 0.6) is 5.75 Å². The normalized spacial score (nSPS) is 16.6. The highest BCUT2D eigenvalue weighted by Crippen LogP contribution is 2.28. The van der Waals surface area contributed by atoms with Gasteiger partial charge in [-0.1, -0.05) is 24.3 Å². The summed E-state index contributed by atoms with van der Waals surface area (Å²) in [5.74, 6) is 0.260. The standard InChI is InChI=1S/C22H23N3O3/c1-24-11-10-17-18(7-5-8-19(17)24)23-22(27)16-12-21(26)25(14-16)13-15-6-3-4-9-20(15)28-2/h3-11,16H,12-14H2,1-2H3,(H,23,27)/t16-/m1/s1. The Morgan fingerprint density at radius 1 is 1.18 bits per heavy atom. The van der Waals surface area contributed by atoms with Gasteiger partial charge in [-0.15, -0.1) is 0 Å². The van der Waals surface area contributed by atoms with Crippen molar-refractivity contribution in [3.8, 4) is 5.75 Å².